The zero-order valence-electron chi connectivity index (χ0n) is 10.6. The van der Waals surface area contributed by atoms with Crippen LogP contribution in [0, 0.1) is 5.82 Å². The lowest BCUT2D eigenvalue weighted by molar-refractivity contribution is -0.128. The summed E-state index contributed by atoms with van der Waals surface area (Å²) in [6.07, 6.45) is 2.81. The molecule has 19 heavy (non-hydrogen) atoms. The predicted octanol–water partition coefficient (Wildman–Crippen LogP) is 1.50. The molecule has 1 saturated heterocycles. The average molecular weight is 264 g/mol. The number of carbonyl (C=O) groups is 2. The van der Waals surface area contributed by atoms with Crippen molar-refractivity contribution in [1.82, 2.24) is 10.6 Å². The molecule has 1 unspecified atom stereocenters. The third-order valence-electron chi connectivity index (χ3n) is 3.15. The van der Waals surface area contributed by atoms with Gasteiger partial charge in [-0.3, -0.25) is 9.59 Å². The molecular formula is C14H17FN2O2. The number of hydrogen-bond acceptors (Lipinski definition) is 2. The number of hydrogen-bond donors (Lipinski definition) is 2. The zero-order chi connectivity index (χ0) is 13.7. The summed E-state index contributed by atoms with van der Waals surface area (Å²) in [5.74, 6) is -0.613. The molecule has 2 rings (SSSR count). The lowest BCUT2D eigenvalue weighted by Gasteiger charge is -2.15. The SMILES string of the molecule is O=C1CCCCC(C(=O)NCc2cccc(F)c2)N1. The summed E-state index contributed by atoms with van der Waals surface area (Å²) in [6, 6.07) is 5.62. The summed E-state index contributed by atoms with van der Waals surface area (Å²) in [4.78, 5) is 23.3. The van der Waals surface area contributed by atoms with Crippen LogP contribution in [0.15, 0.2) is 24.3 Å². The maximum Gasteiger partial charge on any atom is 0.242 e. The first kappa shape index (κ1) is 13.5. The molecule has 4 nitrogen and oxygen atoms in total. The van der Waals surface area contributed by atoms with Gasteiger partial charge in [0.1, 0.15) is 11.9 Å². The van der Waals surface area contributed by atoms with Crippen LogP contribution in [0.3, 0.4) is 0 Å². The van der Waals surface area contributed by atoms with Gasteiger partial charge in [0.15, 0.2) is 0 Å². The standard InChI is InChI=1S/C14H17FN2O2/c15-11-5-3-4-10(8-11)9-16-14(19)12-6-1-2-7-13(18)17-12/h3-5,8,12H,1-2,6-7,9H2,(H,16,19)(H,17,18). The first-order chi connectivity index (χ1) is 9.15. The first-order valence-electron chi connectivity index (χ1n) is 6.46. The molecule has 5 heteroatoms. The Kier molecular flexibility index (Phi) is 4.49. The van der Waals surface area contributed by atoms with Gasteiger partial charge in [-0.15, -0.1) is 0 Å². The summed E-state index contributed by atoms with van der Waals surface area (Å²) in [6.45, 7) is 0.267. The number of halogens is 1. The van der Waals surface area contributed by atoms with Gasteiger partial charge < -0.3 is 10.6 Å². The molecule has 0 saturated carbocycles. The Morgan fingerprint density at radius 1 is 1.42 bits per heavy atom. The molecule has 0 radical (unpaired) electrons. The van der Waals surface area contributed by atoms with Crippen LogP contribution < -0.4 is 10.6 Å². The Morgan fingerprint density at radius 2 is 2.26 bits per heavy atom. The van der Waals surface area contributed by atoms with Gasteiger partial charge in [0.25, 0.3) is 0 Å². The van der Waals surface area contributed by atoms with E-state index in [1.165, 1.54) is 12.1 Å². The first-order valence-corrected chi connectivity index (χ1v) is 6.46. The minimum Gasteiger partial charge on any atom is -0.350 e. The Morgan fingerprint density at radius 3 is 3.05 bits per heavy atom. The van der Waals surface area contributed by atoms with Gasteiger partial charge >= 0.3 is 0 Å². The minimum absolute atomic E-state index is 0.0802. The van der Waals surface area contributed by atoms with Gasteiger partial charge in [-0.05, 0) is 30.5 Å². The summed E-state index contributed by atoms with van der Waals surface area (Å²) in [5.41, 5.74) is 0.702. The molecule has 1 heterocycles. The van der Waals surface area contributed by atoms with Crippen LogP contribution in [0.1, 0.15) is 31.2 Å². The molecule has 2 amide bonds. The van der Waals surface area contributed by atoms with E-state index in [1.54, 1.807) is 12.1 Å². The third-order valence-corrected chi connectivity index (χ3v) is 3.15. The highest BCUT2D eigenvalue weighted by molar-refractivity contribution is 5.87. The summed E-state index contributed by atoms with van der Waals surface area (Å²) in [7, 11) is 0. The number of amides is 2. The highest BCUT2D eigenvalue weighted by atomic mass is 19.1. The summed E-state index contributed by atoms with van der Waals surface area (Å²) in [5, 5.41) is 5.43. The van der Waals surface area contributed by atoms with Crippen molar-refractivity contribution in [3.63, 3.8) is 0 Å². The number of carbonyl (C=O) groups excluding carboxylic acids is 2. The highest BCUT2D eigenvalue weighted by Gasteiger charge is 2.22. The Bertz CT molecular complexity index is 476. The quantitative estimate of drug-likeness (QED) is 0.869. The molecule has 1 atom stereocenters. The van der Waals surface area contributed by atoms with E-state index < -0.39 is 6.04 Å². The van der Waals surface area contributed by atoms with Gasteiger partial charge in [0.05, 0.1) is 0 Å². The Balaban J connectivity index is 1.88. The van der Waals surface area contributed by atoms with Crippen molar-refractivity contribution in [2.45, 2.75) is 38.3 Å². The second-order valence-electron chi connectivity index (χ2n) is 4.71. The van der Waals surface area contributed by atoms with Crippen LogP contribution in [-0.4, -0.2) is 17.9 Å². The van der Waals surface area contributed by atoms with Gasteiger partial charge in [-0.1, -0.05) is 18.6 Å². The van der Waals surface area contributed by atoms with Gasteiger partial charge in [-0.2, -0.15) is 0 Å². The van der Waals surface area contributed by atoms with E-state index in [0.29, 0.717) is 18.4 Å². The topological polar surface area (TPSA) is 58.2 Å². The second kappa shape index (κ2) is 6.31. The molecule has 1 aliphatic heterocycles. The third kappa shape index (κ3) is 4.05. The smallest absolute Gasteiger partial charge is 0.242 e. The lowest BCUT2D eigenvalue weighted by Crippen LogP contribution is -2.45. The normalized spacial score (nSPS) is 19.4. The monoisotopic (exact) mass is 264 g/mol. The van der Waals surface area contributed by atoms with Gasteiger partial charge in [-0.25, -0.2) is 4.39 Å². The zero-order valence-corrected chi connectivity index (χ0v) is 10.6. The number of rotatable bonds is 3. The van der Waals surface area contributed by atoms with E-state index in [0.717, 1.165) is 12.8 Å². The maximum absolute atomic E-state index is 13.0. The van der Waals surface area contributed by atoms with E-state index in [2.05, 4.69) is 10.6 Å². The molecule has 1 fully saturated rings. The Hall–Kier alpha value is -1.91. The maximum atomic E-state index is 13.0. The van der Waals surface area contributed by atoms with Crippen molar-refractivity contribution in [3.05, 3.63) is 35.6 Å². The lowest BCUT2D eigenvalue weighted by atomic mass is 10.1. The predicted molar refractivity (Wildman–Crippen MR) is 68.6 cm³/mol. The fourth-order valence-electron chi connectivity index (χ4n) is 2.13. The largest absolute Gasteiger partial charge is 0.350 e. The van der Waals surface area contributed by atoms with Crippen LogP contribution >= 0.6 is 0 Å². The van der Waals surface area contributed by atoms with Crippen LogP contribution in [0.5, 0.6) is 0 Å². The highest BCUT2D eigenvalue weighted by Crippen LogP contribution is 2.10. The second-order valence-corrected chi connectivity index (χ2v) is 4.71. The number of benzene rings is 1. The van der Waals surface area contributed by atoms with E-state index in [4.69, 9.17) is 0 Å². The molecule has 0 aromatic heterocycles. The van der Waals surface area contributed by atoms with Crippen molar-refractivity contribution in [3.8, 4) is 0 Å². The van der Waals surface area contributed by atoms with Crippen LogP contribution in [0.4, 0.5) is 4.39 Å². The minimum atomic E-state index is -0.469. The summed E-state index contributed by atoms with van der Waals surface area (Å²) >= 11 is 0. The fourth-order valence-corrected chi connectivity index (χ4v) is 2.13. The van der Waals surface area contributed by atoms with Crippen molar-refractivity contribution in [1.29, 1.82) is 0 Å². The molecule has 0 bridgehead atoms. The van der Waals surface area contributed by atoms with Crippen molar-refractivity contribution in [2.24, 2.45) is 0 Å². The number of nitrogens with one attached hydrogen (secondary N) is 2. The van der Waals surface area contributed by atoms with Crippen LogP contribution in [0.25, 0.3) is 0 Å². The van der Waals surface area contributed by atoms with E-state index in [-0.39, 0.29) is 24.2 Å². The molecular weight excluding hydrogens is 247 g/mol. The van der Waals surface area contributed by atoms with Crippen molar-refractivity contribution in [2.75, 3.05) is 0 Å². The molecule has 1 aromatic carbocycles. The fraction of sp³-hybridized carbons (Fsp3) is 0.429. The van der Waals surface area contributed by atoms with Gasteiger partial charge in [0, 0.05) is 13.0 Å². The van der Waals surface area contributed by atoms with E-state index in [1.807, 2.05) is 0 Å². The molecule has 1 aromatic rings. The van der Waals surface area contributed by atoms with Crippen molar-refractivity contribution < 1.29 is 14.0 Å². The molecule has 0 spiro atoms. The average Bonchev–Trinajstić information content (AvgIpc) is 2.61. The van der Waals surface area contributed by atoms with Gasteiger partial charge in [0.2, 0.25) is 11.8 Å². The molecule has 0 aliphatic carbocycles. The van der Waals surface area contributed by atoms with E-state index in [9.17, 15) is 14.0 Å². The van der Waals surface area contributed by atoms with Crippen LogP contribution in [0.2, 0.25) is 0 Å². The van der Waals surface area contributed by atoms with E-state index >= 15 is 0 Å². The molecule has 1 aliphatic rings. The van der Waals surface area contributed by atoms with Crippen LogP contribution in [-0.2, 0) is 16.1 Å². The summed E-state index contributed by atoms with van der Waals surface area (Å²) < 4.78 is 13.0. The molecule has 102 valence electrons. The van der Waals surface area contributed by atoms with Crippen molar-refractivity contribution >= 4 is 11.8 Å². The molecule has 2 N–H and O–H groups in total. The Labute approximate surface area is 111 Å².